The van der Waals surface area contributed by atoms with Gasteiger partial charge >= 0.3 is 0 Å². The van der Waals surface area contributed by atoms with Crippen LogP contribution in [0, 0.1) is 3.82 Å². The highest BCUT2D eigenvalue weighted by molar-refractivity contribution is 7.80. The molecule has 2 aliphatic rings. The summed E-state index contributed by atoms with van der Waals surface area (Å²) in [5, 5.41) is 0. The second-order valence-corrected chi connectivity index (χ2v) is 10.3. The Balaban J connectivity index is 1.78. The van der Waals surface area contributed by atoms with E-state index in [2.05, 4.69) is 18.7 Å². The lowest BCUT2D eigenvalue weighted by molar-refractivity contribution is -0.121. The van der Waals surface area contributed by atoms with Gasteiger partial charge in [0.25, 0.3) is 0 Å². The van der Waals surface area contributed by atoms with Gasteiger partial charge < -0.3 is 14.4 Å². The normalized spacial score (nSPS) is 18.5. The molecule has 150 valence electrons. The van der Waals surface area contributed by atoms with Gasteiger partial charge in [0.1, 0.15) is 9.57 Å². The van der Waals surface area contributed by atoms with E-state index in [0.717, 1.165) is 44.4 Å². The smallest absolute Gasteiger partial charge is 0.241 e. The van der Waals surface area contributed by atoms with Crippen LogP contribution in [0.2, 0.25) is 0 Å². The summed E-state index contributed by atoms with van der Waals surface area (Å²) in [5.41, 5.74) is 2.55. The zero-order valence-electron chi connectivity index (χ0n) is 16.3. The van der Waals surface area contributed by atoms with E-state index in [-0.39, 0.29) is 5.91 Å². The second kappa shape index (κ2) is 7.84. The Hall–Kier alpha value is -1.32. The number of hydrogen-bond acceptors (Lipinski definition) is 7. The van der Waals surface area contributed by atoms with Gasteiger partial charge in [-0.05, 0) is 39.0 Å². The quantitative estimate of drug-likeness (QED) is 0.521. The highest BCUT2D eigenvalue weighted by Crippen LogP contribution is 2.52. The number of carbonyl (C=O) groups excluding carboxylic acids is 1. The fourth-order valence-electron chi connectivity index (χ4n) is 3.93. The molecule has 3 heterocycles. The lowest BCUT2D eigenvalue weighted by Gasteiger charge is -2.44. The minimum absolute atomic E-state index is 0.104. The monoisotopic (exact) mass is 436 g/mol. The minimum Gasteiger partial charge on any atom is -0.494 e. The lowest BCUT2D eigenvalue weighted by Crippen LogP contribution is -2.52. The fourth-order valence-corrected chi connectivity index (χ4v) is 7.21. The maximum absolute atomic E-state index is 13.5. The largest absolute Gasteiger partial charge is 0.494 e. The van der Waals surface area contributed by atoms with E-state index in [4.69, 9.17) is 21.7 Å². The van der Waals surface area contributed by atoms with Gasteiger partial charge in [-0.2, -0.15) is 0 Å². The van der Waals surface area contributed by atoms with Crippen molar-refractivity contribution in [2.45, 2.75) is 26.3 Å². The van der Waals surface area contributed by atoms with E-state index in [9.17, 15) is 4.79 Å². The molecule has 28 heavy (non-hydrogen) atoms. The standard InChI is InChI=1S/C20H24N2O3S3/c1-4-25-13-5-6-15-14(11-13)17-18(27-28-19(17)26)20(2,3)22(15)16(23)12-21-7-9-24-10-8-21/h5-6,11H,4,7-10,12H2,1-3H3. The third-order valence-corrected chi connectivity index (χ3v) is 8.58. The van der Waals surface area contributed by atoms with Crippen molar-refractivity contribution >= 4 is 44.5 Å². The number of nitrogens with zero attached hydrogens (tertiary/aromatic N) is 2. The highest BCUT2D eigenvalue weighted by Gasteiger charge is 2.43. The van der Waals surface area contributed by atoms with Gasteiger partial charge in [0.05, 0.1) is 42.5 Å². The van der Waals surface area contributed by atoms with Gasteiger partial charge in [-0.15, -0.1) is 0 Å². The van der Waals surface area contributed by atoms with Gasteiger partial charge in [-0.3, -0.25) is 9.69 Å². The van der Waals surface area contributed by atoms with Crippen LogP contribution in [-0.4, -0.2) is 50.3 Å². The van der Waals surface area contributed by atoms with E-state index in [1.807, 2.05) is 30.0 Å². The van der Waals surface area contributed by atoms with E-state index in [1.165, 1.54) is 0 Å². The average Bonchev–Trinajstić information content (AvgIpc) is 3.06. The molecule has 0 radical (unpaired) electrons. The van der Waals surface area contributed by atoms with Gasteiger partial charge in [-0.25, -0.2) is 0 Å². The Morgan fingerprint density at radius 3 is 2.75 bits per heavy atom. The molecule has 1 fully saturated rings. The number of ether oxygens (including phenoxy) is 2. The maximum Gasteiger partial charge on any atom is 0.241 e. The zero-order valence-corrected chi connectivity index (χ0v) is 18.8. The SMILES string of the molecule is CCOc1ccc2c(c1)-c1c(ssc1=S)C(C)(C)N2C(=O)CN1CCOCC1. The van der Waals surface area contributed by atoms with Crippen molar-refractivity contribution in [2.75, 3.05) is 44.4 Å². The number of fused-ring (bicyclic) bond motifs is 3. The van der Waals surface area contributed by atoms with Crippen LogP contribution in [-0.2, 0) is 15.1 Å². The first kappa shape index (κ1) is 20.0. The molecule has 2 aromatic rings. The summed E-state index contributed by atoms with van der Waals surface area (Å²) in [4.78, 5) is 18.7. The van der Waals surface area contributed by atoms with Crippen molar-refractivity contribution in [3.63, 3.8) is 0 Å². The van der Waals surface area contributed by atoms with Crippen molar-refractivity contribution in [1.29, 1.82) is 0 Å². The third-order valence-electron chi connectivity index (χ3n) is 5.25. The van der Waals surface area contributed by atoms with Gasteiger partial charge in [-0.1, -0.05) is 32.9 Å². The molecule has 1 aromatic carbocycles. The summed E-state index contributed by atoms with van der Waals surface area (Å²) in [7, 11) is 3.28. The Bertz CT molecular complexity index is 944. The molecule has 1 saturated heterocycles. The number of anilines is 1. The van der Waals surface area contributed by atoms with E-state index in [0.29, 0.717) is 26.4 Å². The van der Waals surface area contributed by atoms with Crippen molar-refractivity contribution in [1.82, 2.24) is 4.90 Å². The topological polar surface area (TPSA) is 42.0 Å². The first-order valence-electron chi connectivity index (χ1n) is 9.47. The number of amides is 1. The van der Waals surface area contributed by atoms with Crippen molar-refractivity contribution in [2.24, 2.45) is 0 Å². The molecule has 0 bridgehead atoms. The number of hydrogen-bond donors (Lipinski definition) is 0. The fraction of sp³-hybridized carbons (Fsp3) is 0.500. The summed E-state index contributed by atoms with van der Waals surface area (Å²) in [6, 6.07) is 5.97. The van der Waals surface area contributed by atoms with Gasteiger partial charge in [0.15, 0.2) is 0 Å². The first-order chi connectivity index (χ1) is 13.4. The Morgan fingerprint density at radius 1 is 1.29 bits per heavy atom. The summed E-state index contributed by atoms with van der Waals surface area (Å²) < 4.78 is 12.0. The van der Waals surface area contributed by atoms with Crippen LogP contribution in [0.25, 0.3) is 11.1 Å². The highest BCUT2D eigenvalue weighted by atomic mass is 32.9. The lowest BCUT2D eigenvalue weighted by atomic mass is 9.87. The Kier molecular flexibility index (Phi) is 5.59. The molecule has 8 heteroatoms. The van der Waals surface area contributed by atoms with Crippen LogP contribution >= 0.6 is 32.9 Å². The van der Waals surface area contributed by atoms with Crippen molar-refractivity contribution < 1.29 is 14.3 Å². The summed E-state index contributed by atoms with van der Waals surface area (Å²) in [6.07, 6.45) is 0. The molecular formula is C20H24N2O3S3. The summed E-state index contributed by atoms with van der Waals surface area (Å²) in [6.45, 7) is 10.1. The molecule has 2 aliphatic heterocycles. The zero-order chi connectivity index (χ0) is 19.9. The molecule has 5 nitrogen and oxygen atoms in total. The third kappa shape index (κ3) is 3.41. The van der Waals surface area contributed by atoms with Crippen LogP contribution in [0.1, 0.15) is 25.6 Å². The van der Waals surface area contributed by atoms with E-state index < -0.39 is 5.54 Å². The molecule has 0 aliphatic carbocycles. The predicted octanol–water partition coefficient (Wildman–Crippen LogP) is 4.52. The number of carbonyl (C=O) groups is 1. The van der Waals surface area contributed by atoms with Crippen LogP contribution in [0.4, 0.5) is 5.69 Å². The maximum atomic E-state index is 13.5. The second-order valence-electron chi connectivity index (χ2n) is 7.45. The van der Waals surface area contributed by atoms with Crippen LogP contribution in [0.3, 0.4) is 0 Å². The van der Waals surface area contributed by atoms with Crippen LogP contribution in [0.15, 0.2) is 18.2 Å². The molecule has 0 saturated carbocycles. The molecule has 1 amide bonds. The minimum atomic E-state index is -0.447. The molecule has 1 aromatic heterocycles. The molecule has 0 atom stereocenters. The number of morpholine rings is 1. The molecule has 0 spiro atoms. The van der Waals surface area contributed by atoms with Crippen LogP contribution < -0.4 is 9.64 Å². The van der Waals surface area contributed by atoms with Gasteiger partial charge in [0, 0.05) is 24.2 Å². The Labute approximate surface area is 177 Å². The number of rotatable bonds is 4. The molecule has 0 N–H and O–H groups in total. The van der Waals surface area contributed by atoms with Crippen molar-refractivity contribution in [3.8, 4) is 16.9 Å². The molecular weight excluding hydrogens is 412 g/mol. The first-order valence-corrected chi connectivity index (χ1v) is 12.0. The summed E-state index contributed by atoms with van der Waals surface area (Å²) >= 11 is 5.66. The predicted molar refractivity (Wildman–Crippen MR) is 117 cm³/mol. The van der Waals surface area contributed by atoms with E-state index >= 15 is 0 Å². The van der Waals surface area contributed by atoms with E-state index in [1.54, 1.807) is 20.7 Å². The average molecular weight is 437 g/mol. The summed E-state index contributed by atoms with van der Waals surface area (Å²) in [5.74, 6) is 0.908. The Morgan fingerprint density at radius 2 is 2.04 bits per heavy atom. The molecule has 0 unspecified atom stereocenters. The molecule has 4 rings (SSSR count). The van der Waals surface area contributed by atoms with Crippen LogP contribution in [0.5, 0.6) is 5.75 Å². The van der Waals surface area contributed by atoms with Gasteiger partial charge in [0.2, 0.25) is 5.91 Å². The van der Waals surface area contributed by atoms with Crippen molar-refractivity contribution in [3.05, 3.63) is 26.9 Å². The number of benzene rings is 1.